The highest BCUT2D eigenvalue weighted by molar-refractivity contribution is 5.71. The summed E-state index contributed by atoms with van der Waals surface area (Å²) in [6, 6.07) is 26.4. The Morgan fingerprint density at radius 2 is 1.57 bits per heavy atom. The van der Waals surface area contributed by atoms with Gasteiger partial charge < -0.3 is 33.9 Å². The molecular weight excluding hydrogens is 690 g/mol. The SMILES string of the molecule is COc1ccc(C(OC[C@@]23CN(c4ncccn4)[C@@H]([C@H](n4cnc5c(=O)[nH]c(/N=C\N(C)C)nc54)O2)[C@@H]3O)(c2ccccc2)c2ccc(OC)cc2)cc1. The zero-order valence-electron chi connectivity index (χ0n) is 30.1. The zero-order valence-corrected chi connectivity index (χ0v) is 30.1. The fourth-order valence-corrected chi connectivity index (χ4v) is 7.36. The topological polar surface area (TPSA) is 165 Å². The number of anilines is 1. The van der Waals surface area contributed by atoms with Crippen molar-refractivity contribution in [2.45, 2.75) is 29.6 Å². The number of morpholine rings is 1. The number of fused-ring (bicyclic) bond motifs is 3. The van der Waals surface area contributed by atoms with Crippen LogP contribution in [0.3, 0.4) is 0 Å². The molecule has 3 aromatic carbocycles. The van der Waals surface area contributed by atoms with Crippen molar-refractivity contribution in [3.63, 3.8) is 0 Å². The van der Waals surface area contributed by atoms with Crippen molar-refractivity contribution in [3.05, 3.63) is 131 Å². The number of aromatic amines is 1. The average molecular weight is 730 g/mol. The smallest absolute Gasteiger partial charge is 0.280 e. The predicted molar refractivity (Wildman–Crippen MR) is 200 cm³/mol. The second kappa shape index (κ2) is 14.0. The zero-order chi connectivity index (χ0) is 37.5. The second-order valence-electron chi connectivity index (χ2n) is 13.4. The van der Waals surface area contributed by atoms with Gasteiger partial charge in [0, 0.05) is 26.5 Å². The molecule has 2 saturated heterocycles. The third-order valence-electron chi connectivity index (χ3n) is 9.93. The molecule has 3 aromatic heterocycles. The van der Waals surface area contributed by atoms with Gasteiger partial charge >= 0.3 is 0 Å². The quantitative estimate of drug-likeness (QED) is 0.107. The van der Waals surface area contributed by atoms with Crippen LogP contribution in [0.5, 0.6) is 11.5 Å². The van der Waals surface area contributed by atoms with Gasteiger partial charge in [0.15, 0.2) is 17.4 Å². The summed E-state index contributed by atoms with van der Waals surface area (Å²) in [7, 11) is 6.87. The van der Waals surface area contributed by atoms with E-state index in [-0.39, 0.29) is 30.3 Å². The Labute approximate surface area is 310 Å². The fourth-order valence-electron chi connectivity index (χ4n) is 7.36. The van der Waals surface area contributed by atoms with E-state index in [1.807, 2.05) is 97.9 Å². The van der Waals surface area contributed by atoms with Crippen LogP contribution >= 0.6 is 0 Å². The largest absolute Gasteiger partial charge is 0.497 e. The number of imidazole rings is 1. The van der Waals surface area contributed by atoms with Crippen molar-refractivity contribution in [1.29, 1.82) is 0 Å². The number of ether oxygens (including phenoxy) is 4. The van der Waals surface area contributed by atoms with Crippen LogP contribution in [0.2, 0.25) is 0 Å². The van der Waals surface area contributed by atoms with Gasteiger partial charge in [-0.1, -0.05) is 54.6 Å². The first kappa shape index (κ1) is 34.9. The van der Waals surface area contributed by atoms with Crippen LogP contribution in [0.25, 0.3) is 11.2 Å². The summed E-state index contributed by atoms with van der Waals surface area (Å²) >= 11 is 0. The van der Waals surface area contributed by atoms with Crippen molar-refractivity contribution < 1.29 is 24.1 Å². The van der Waals surface area contributed by atoms with Gasteiger partial charge in [0.1, 0.15) is 34.8 Å². The van der Waals surface area contributed by atoms with E-state index in [4.69, 9.17) is 18.9 Å². The average Bonchev–Trinajstić information content (AvgIpc) is 3.86. The lowest BCUT2D eigenvalue weighted by atomic mass is 9.79. The van der Waals surface area contributed by atoms with E-state index in [0.29, 0.717) is 17.4 Å². The number of H-pyrrole nitrogens is 1. The van der Waals surface area contributed by atoms with Gasteiger partial charge in [-0.3, -0.25) is 14.3 Å². The van der Waals surface area contributed by atoms with Gasteiger partial charge in [0.05, 0.1) is 40.0 Å². The molecule has 2 aliphatic heterocycles. The molecule has 2 fully saturated rings. The Bertz CT molecular complexity index is 2270. The molecule has 0 saturated carbocycles. The number of aromatic nitrogens is 6. The minimum Gasteiger partial charge on any atom is -0.497 e. The van der Waals surface area contributed by atoms with Crippen LogP contribution in [-0.4, -0.2) is 105 Å². The molecule has 15 nitrogen and oxygen atoms in total. The lowest BCUT2D eigenvalue weighted by Gasteiger charge is -2.41. The molecular formula is C39H39N9O6. The van der Waals surface area contributed by atoms with Crippen LogP contribution in [0.1, 0.15) is 22.9 Å². The van der Waals surface area contributed by atoms with E-state index in [0.717, 1.165) is 16.7 Å². The van der Waals surface area contributed by atoms with Gasteiger partial charge in [-0.25, -0.2) is 19.9 Å². The molecule has 2 aliphatic rings. The first-order valence-electron chi connectivity index (χ1n) is 17.3. The summed E-state index contributed by atoms with van der Waals surface area (Å²) in [5, 5.41) is 12.4. The maximum atomic E-state index is 13.1. The van der Waals surface area contributed by atoms with Crippen molar-refractivity contribution >= 4 is 29.4 Å². The summed E-state index contributed by atoms with van der Waals surface area (Å²) in [5.41, 5.74) is -0.0890. The first-order valence-corrected chi connectivity index (χ1v) is 17.3. The second-order valence-corrected chi connectivity index (χ2v) is 13.4. The van der Waals surface area contributed by atoms with Crippen LogP contribution in [-0.2, 0) is 15.1 Å². The van der Waals surface area contributed by atoms with E-state index in [1.54, 1.807) is 42.1 Å². The van der Waals surface area contributed by atoms with Crippen molar-refractivity contribution in [2.24, 2.45) is 4.99 Å². The Hall–Kier alpha value is -6.16. The Balaban J connectivity index is 1.25. The van der Waals surface area contributed by atoms with E-state index < -0.39 is 35.1 Å². The summed E-state index contributed by atoms with van der Waals surface area (Å²) in [6.07, 6.45) is 4.35. The van der Waals surface area contributed by atoms with Crippen LogP contribution in [0.4, 0.5) is 11.9 Å². The highest BCUT2D eigenvalue weighted by atomic mass is 16.6. The summed E-state index contributed by atoms with van der Waals surface area (Å²) in [4.78, 5) is 41.8. The van der Waals surface area contributed by atoms with Crippen molar-refractivity contribution in [1.82, 2.24) is 34.4 Å². The van der Waals surface area contributed by atoms with E-state index >= 15 is 0 Å². The first-order chi connectivity index (χ1) is 26.3. The Morgan fingerprint density at radius 1 is 0.944 bits per heavy atom. The molecule has 6 aromatic rings. The van der Waals surface area contributed by atoms with Crippen LogP contribution in [0, 0.1) is 0 Å². The molecule has 0 unspecified atom stereocenters. The molecule has 2 N–H and O–H groups in total. The maximum absolute atomic E-state index is 13.1. The van der Waals surface area contributed by atoms with Gasteiger partial charge in [0.25, 0.3) is 5.56 Å². The number of nitrogens with zero attached hydrogens (tertiary/aromatic N) is 8. The lowest BCUT2D eigenvalue weighted by Crippen LogP contribution is -2.51. The molecule has 15 heteroatoms. The number of aliphatic hydroxyl groups excluding tert-OH is 1. The number of benzene rings is 3. The molecule has 8 rings (SSSR count). The van der Waals surface area contributed by atoms with Crippen LogP contribution in [0.15, 0.2) is 113 Å². The molecule has 5 heterocycles. The number of methoxy groups -OCH3 is 2. The highest BCUT2D eigenvalue weighted by Gasteiger charge is 2.65. The molecule has 0 amide bonds. The number of rotatable bonds is 12. The number of hydrogen-bond acceptors (Lipinski definition) is 12. The summed E-state index contributed by atoms with van der Waals surface area (Å²) in [6.45, 7) is 0.130. The standard InChI is InChI=1S/C39H39N9O6/c1-46(2)23-43-36-44-33-30(34(50)45-36)42-24-48(33)35-31-32(49)38(54-35,21-47(31)37-40-19-8-20-41-37)22-53-39(25-9-6-5-7-10-25,26-11-15-28(51-3)16-12-26)27-13-17-29(52-4)18-14-27/h5-20,23-24,31-32,35,49H,21-22H2,1-4H3,(H,44,45,50)/b43-23-/t31-,32+,35-,38-/m1/s1. The monoisotopic (exact) mass is 729 g/mol. The van der Waals surface area contributed by atoms with Crippen molar-refractivity contribution in [2.75, 3.05) is 46.4 Å². The number of nitrogens with one attached hydrogen (secondary N) is 1. The normalized spacial score (nSPS) is 20.9. The lowest BCUT2D eigenvalue weighted by molar-refractivity contribution is -0.157. The third kappa shape index (κ3) is 5.91. The number of hydrogen-bond donors (Lipinski definition) is 2. The molecule has 4 atom stereocenters. The number of aliphatic hydroxyl groups is 1. The van der Waals surface area contributed by atoms with E-state index in [2.05, 4.69) is 29.9 Å². The molecule has 0 spiro atoms. The maximum Gasteiger partial charge on any atom is 0.280 e. The molecule has 0 aliphatic carbocycles. The van der Waals surface area contributed by atoms with Gasteiger partial charge in [-0.2, -0.15) is 4.98 Å². The number of aliphatic imine (C=N–C) groups is 1. The van der Waals surface area contributed by atoms with Gasteiger partial charge in [-0.05, 0) is 47.0 Å². The molecule has 276 valence electrons. The molecule has 2 bridgehead atoms. The van der Waals surface area contributed by atoms with Gasteiger partial charge in [0.2, 0.25) is 11.9 Å². The summed E-state index contributed by atoms with van der Waals surface area (Å²) in [5.74, 6) is 1.89. The van der Waals surface area contributed by atoms with Crippen LogP contribution < -0.4 is 19.9 Å². The Kier molecular flexibility index (Phi) is 9.05. The fraction of sp³-hybridized carbons (Fsp3) is 0.282. The summed E-state index contributed by atoms with van der Waals surface area (Å²) < 4.78 is 26.9. The van der Waals surface area contributed by atoms with Crippen molar-refractivity contribution in [3.8, 4) is 11.5 Å². The highest BCUT2D eigenvalue weighted by Crippen LogP contribution is 2.50. The molecule has 0 radical (unpaired) electrons. The minimum atomic E-state index is -1.31. The Morgan fingerprint density at radius 3 is 2.19 bits per heavy atom. The van der Waals surface area contributed by atoms with E-state index in [9.17, 15) is 9.90 Å². The third-order valence-corrected chi connectivity index (χ3v) is 9.93. The van der Waals surface area contributed by atoms with E-state index in [1.165, 1.54) is 12.7 Å². The minimum absolute atomic E-state index is 0.0729. The van der Waals surface area contributed by atoms with Gasteiger partial charge in [-0.15, -0.1) is 0 Å². The molecule has 54 heavy (non-hydrogen) atoms. The predicted octanol–water partition coefficient (Wildman–Crippen LogP) is 3.67.